The van der Waals surface area contributed by atoms with Crippen LogP contribution in [0.4, 0.5) is 10.1 Å². The average molecular weight is 343 g/mol. The van der Waals surface area contributed by atoms with Crippen LogP contribution in [0, 0.1) is 5.82 Å². The maximum absolute atomic E-state index is 13.0. The van der Waals surface area contributed by atoms with E-state index < -0.39 is 0 Å². The average Bonchev–Trinajstić information content (AvgIpc) is 2.36. The van der Waals surface area contributed by atoms with Gasteiger partial charge in [-0.25, -0.2) is 4.39 Å². The lowest BCUT2D eigenvalue weighted by Gasteiger charge is -2.06. The van der Waals surface area contributed by atoms with Crippen LogP contribution < -0.4 is 5.73 Å². The molecule has 0 atom stereocenters. The van der Waals surface area contributed by atoms with E-state index in [1.165, 1.54) is 18.2 Å². The summed E-state index contributed by atoms with van der Waals surface area (Å²) < 4.78 is 13.5. The van der Waals surface area contributed by atoms with Gasteiger partial charge in [-0.1, -0.05) is 33.6 Å². The van der Waals surface area contributed by atoms with E-state index >= 15 is 0 Å². The van der Waals surface area contributed by atoms with Gasteiger partial charge in [0, 0.05) is 16.5 Å². The molecule has 0 aliphatic heterocycles. The molecule has 2 rings (SSSR count). The summed E-state index contributed by atoms with van der Waals surface area (Å²) in [5.74, 6) is -0.451. The second-order valence-electron chi connectivity index (χ2n) is 4.07. The lowest BCUT2D eigenvalue weighted by atomic mass is 10.0. The van der Waals surface area contributed by atoms with Gasteiger partial charge >= 0.3 is 0 Å². The monoisotopic (exact) mass is 341 g/mol. The first-order valence-electron chi connectivity index (χ1n) is 5.49. The fraction of sp³-hybridized carbons (Fsp3) is 0.0714. The predicted octanol–water partition coefficient (Wildman–Crippen LogP) is 4.25. The number of hydrogen-bond donors (Lipinski definition) is 1. The highest BCUT2D eigenvalue weighted by molar-refractivity contribution is 9.10. The van der Waals surface area contributed by atoms with Crippen LogP contribution in [0.1, 0.15) is 15.9 Å². The van der Waals surface area contributed by atoms with E-state index in [-0.39, 0.29) is 18.0 Å². The summed E-state index contributed by atoms with van der Waals surface area (Å²) in [5.41, 5.74) is 7.22. The molecule has 2 aromatic rings. The summed E-state index contributed by atoms with van der Waals surface area (Å²) in [6.07, 6.45) is 0.168. The molecule has 0 aliphatic rings. The summed E-state index contributed by atoms with van der Waals surface area (Å²) in [5, 5.41) is 0.351. The molecule has 0 fully saturated rings. The van der Waals surface area contributed by atoms with Gasteiger partial charge in [0.05, 0.1) is 10.7 Å². The summed E-state index contributed by atoms with van der Waals surface area (Å²) >= 11 is 9.11. The van der Waals surface area contributed by atoms with E-state index in [1.807, 2.05) is 0 Å². The molecular formula is C14H10BrClFNO. The van der Waals surface area contributed by atoms with Gasteiger partial charge in [0.2, 0.25) is 0 Å². The molecule has 0 heterocycles. The van der Waals surface area contributed by atoms with Crippen molar-refractivity contribution in [2.45, 2.75) is 6.42 Å². The second-order valence-corrected chi connectivity index (χ2v) is 5.33. The fourth-order valence-electron chi connectivity index (χ4n) is 1.64. The van der Waals surface area contributed by atoms with Crippen molar-refractivity contribution in [1.82, 2.24) is 0 Å². The summed E-state index contributed by atoms with van der Waals surface area (Å²) in [4.78, 5) is 12.1. The second kappa shape index (κ2) is 5.72. The Morgan fingerprint density at radius 2 is 2.00 bits per heavy atom. The minimum absolute atomic E-state index is 0.103. The minimum Gasteiger partial charge on any atom is -0.398 e. The molecule has 5 heteroatoms. The maximum Gasteiger partial charge on any atom is 0.167 e. The van der Waals surface area contributed by atoms with Gasteiger partial charge in [-0.3, -0.25) is 4.79 Å². The van der Waals surface area contributed by atoms with Crippen molar-refractivity contribution >= 4 is 39.0 Å². The van der Waals surface area contributed by atoms with Gasteiger partial charge in [-0.2, -0.15) is 0 Å². The first-order chi connectivity index (χ1) is 8.97. The van der Waals surface area contributed by atoms with Gasteiger partial charge < -0.3 is 5.73 Å². The Morgan fingerprint density at radius 1 is 1.26 bits per heavy atom. The molecule has 0 saturated heterocycles. The zero-order chi connectivity index (χ0) is 14.0. The van der Waals surface area contributed by atoms with Crippen LogP contribution in [-0.4, -0.2) is 5.78 Å². The lowest BCUT2D eigenvalue weighted by molar-refractivity contribution is 0.0993. The maximum atomic E-state index is 13.0. The minimum atomic E-state index is -0.349. The Hall–Kier alpha value is -1.39. The number of hydrogen-bond acceptors (Lipinski definition) is 2. The largest absolute Gasteiger partial charge is 0.398 e. The molecule has 0 aliphatic carbocycles. The van der Waals surface area contributed by atoms with Crippen molar-refractivity contribution in [3.8, 4) is 0 Å². The number of nitrogens with two attached hydrogens (primary N) is 1. The van der Waals surface area contributed by atoms with E-state index in [2.05, 4.69) is 15.9 Å². The number of Topliss-reactive ketones (excluding diaryl/α,β-unsaturated/α-hetero) is 1. The van der Waals surface area contributed by atoms with E-state index in [0.29, 0.717) is 20.7 Å². The van der Waals surface area contributed by atoms with Crippen molar-refractivity contribution in [3.63, 3.8) is 0 Å². The highest BCUT2D eigenvalue weighted by atomic mass is 79.9. The molecule has 0 bridgehead atoms. The smallest absolute Gasteiger partial charge is 0.167 e. The van der Waals surface area contributed by atoms with Crippen LogP contribution >= 0.6 is 27.5 Å². The van der Waals surface area contributed by atoms with Gasteiger partial charge in [0.25, 0.3) is 0 Å². The van der Waals surface area contributed by atoms with Crippen LogP contribution in [-0.2, 0) is 6.42 Å². The first kappa shape index (κ1) is 14.0. The van der Waals surface area contributed by atoms with Crippen molar-refractivity contribution in [3.05, 3.63) is 62.8 Å². The molecule has 0 radical (unpaired) electrons. The normalized spacial score (nSPS) is 10.5. The van der Waals surface area contributed by atoms with E-state index in [0.717, 1.165) is 5.56 Å². The van der Waals surface area contributed by atoms with Gasteiger partial charge in [-0.15, -0.1) is 0 Å². The standard InChI is InChI=1S/C14H10BrClFNO/c15-11-7-10(17)3-1-8(11)6-14(19)9-2-4-13(18)12(16)5-9/h1-5,7H,6,18H2. The lowest BCUT2D eigenvalue weighted by Crippen LogP contribution is -2.04. The first-order valence-corrected chi connectivity index (χ1v) is 6.66. The number of nitrogen functional groups attached to an aromatic ring is 1. The van der Waals surface area contributed by atoms with Gasteiger partial charge in [0.1, 0.15) is 5.82 Å². The molecule has 0 unspecified atom stereocenters. The number of ketones is 1. The third-order valence-electron chi connectivity index (χ3n) is 2.69. The number of halogens is 3. The predicted molar refractivity (Wildman–Crippen MR) is 78.0 cm³/mol. The molecule has 0 aromatic heterocycles. The summed E-state index contributed by atoms with van der Waals surface area (Å²) in [6, 6.07) is 8.99. The number of benzene rings is 2. The Morgan fingerprint density at radius 3 is 2.63 bits per heavy atom. The van der Waals surface area contributed by atoms with E-state index in [4.69, 9.17) is 17.3 Å². The van der Waals surface area contributed by atoms with Gasteiger partial charge in [-0.05, 0) is 35.9 Å². The molecular weight excluding hydrogens is 333 g/mol. The van der Waals surface area contributed by atoms with Crippen LogP contribution in [0.15, 0.2) is 40.9 Å². The zero-order valence-corrected chi connectivity index (χ0v) is 12.1. The molecule has 0 amide bonds. The SMILES string of the molecule is Nc1ccc(C(=O)Cc2ccc(F)cc2Br)cc1Cl. The van der Waals surface area contributed by atoms with E-state index in [9.17, 15) is 9.18 Å². The Labute approximate surface area is 123 Å². The topological polar surface area (TPSA) is 43.1 Å². The van der Waals surface area contributed by atoms with Crippen molar-refractivity contribution in [1.29, 1.82) is 0 Å². The van der Waals surface area contributed by atoms with Crippen molar-refractivity contribution in [2.24, 2.45) is 0 Å². The highest BCUT2D eigenvalue weighted by Crippen LogP contribution is 2.23. The van der Waals surface area contributed by atoms with Crippen LogP contribution in [0.2, 0.25) is 5.02 Å². The molecule has 19 heavy (non-hydrogen) atoms. The number of rotatable bonds is 3. The van der Waals surface area contributed by atoms with Crippen molar-refractivity contribution in [2.75, 3.05) is 5.73 Å². The van der Waals surface area contributed by atoms with Crippen molar-refractivity contribution < 1.29 is 9.18 Å². The third-order valence-corrected chi connectivity index (χ3v) is 3.75. The molecule has 2 aromatic carbocycles. The molecule has 2 nitrogen and oxygen atoms in total. The zero-order valence-electron chi connectivity index (χ0n) is 9.79. The quantitative estimate of drug-likeness (QED) is 0.669. The van der Waals surface area contributed by atoms with Gasteiger partial charge in [0.15, 0.2) is 5.78 Å². The molecule has 98 valence electrons. The number of carbonyl (C=O) groups is 1. The molecule has 0 saturated carbocycles. The fourth-order valence-corrected chi connectivity index (χ4v) is 2.31. The Kier molecular flexibility index (Phi) is 4.22. The summed E-state index contributed by atoms with van der Waals surface area (Å²) in [7, 11) is 0. The summed E-state index contributed by atoms with van der Waals surface area (Å²) in [6.45, 7) is 0. The molecule has 2 N–H and O–H groups in total. The van der Waals surface area contributed by atoms with Crippen LogP contribution in [0.5, 0.6) is 0 Å². The van der Waals surface area contributed by atoms with E-state index in [1.54, 1.807) is 18.2 Å². The number of anilines is 1. The van der Waals surface area contributed by atoms with Crippen LogP contribution in [0.3, 0.4) is 0 Å². The third kappa shape index (κ3) is 3.33. The Bertz CT molecular complexity index is 645. The highest BCUT2D eigenvalue weighted by Gasteiger charge is 2.11. The number of carbonyl (C=O) groups excluding carboxylic acids is 1. The Balaban J connectivity index is 2.23. The molecule has 0 spiro atoms. The van der Waals surface area contributed by atoms with Crippen LogP contribution in [0.25, 0.3) is 0 Å².